The molecule has 1 aliphatic heterocycles. The van der Waals surface area contributed by atoms with Crippen LogP contribution >= 0.6 is 0 Å². The molecule has 2 heterocycles. The molecule has 0 saturated carbocycles. The fourth-order valence-corrected chi connectivity index (χ4v) is 2.36. The van der Waals surface area contributed by atoms with Crippen LogP contribution in [0.25, 0.3) is 0 Å². The third-order valence-corrected chi connectivity index (χ3v) is 3.49. The van der Waals surface area contributed by atoms with Crippen LogP contribution in [-0.4, -0.2) is 23.3 Å². The quantitative estimate of drug-likeness (QED) is 0.913. The molecule has 0 atom stereocenters. The Bertz CT molecular complexity index is 544. The predicted molar refractivity (Wildman–Crippen MR) is 77.9 cm³/mol. The molecule has 4 nitrogen and oxygen atoms in total. The maximum Gasteiger partial charge on any atom is 0.153 e. The fourth-order valence-electron chi connectivity index (χ4n) is 2.36. The maximum absolute atomic E-state index is 4.30. The van der Waals surface area contributed by atoms with E-state index < -0.39 is 0 Å². The molecule has 0 unspecified atom stereocenters. The zero-order valence-electron chi connectivity index (χ0n) is 11.1. The van der Waals surface area contributed by atoms with Crippen molar-refractivity contribution in [1.29, 1.82) is 0 Å². The van der Waals surface area contributed by atoms with Crippen molar-refractivity contribution in [2.24, 2.45) is 0 Å². The van der Waals surface area contributed by atoms with Gasteiger partial charge in [-0.15, -0.1) is 10.2 Å². The molecule has 1 aliphatic rings. The van der Waals surface area contributed by atoms with E-state index >= 15 is 0 Å². The lowest BCUT2D eigenvalue weighted by atomic mass is 10.2. The Morgan fingerprint density at radius 3 is 2.47 bits per heavy atom. The molecule has 0 aliphatic carbocycles. The van der Waals surface area contributed by atoms with E-state index in [2.05, 4.69) is 33.4 Å². The van der Waals surface area contributed by atoms with E-state index in [1.165, 1.54) is 18.4 Å². The highest BCUT2D eigenvalue weighted by Gasteiger charge is 2.13. The number of anilines is 3. The van der Waals surface area contributed by atoms with Gasteiger partial charge in [0.1, 0.15) is 0 Å². The Labute approximate surface area is 113 Å². The molecule has 0 bridgehead atoms. The first-order valence-electron chi connectivity index (χ1n) is 6.74. The summed E-state index contributed by atoms with van der Waals surface area (Å²) in [7, 11) is 0. The number of nitrogens with one attached hydrogen (secondary N) is 1. The van der Waals surface area contributed by atoms with Crippen LogP contribution in [0.15, 0.2) is 36.4 Å². The minimum absolute atomic E-state index is 0.789. The second-order valence-electron chi connectivity index (χ2n) is 4.91. The largest absolute Gasteiger partial charge is 0.355 e. The van der Waals surface area contributed by atoms with Crippen LogP contribution in [0.1, 0.15) is 18.4 Å². The number of aryl methyl sites for hydroxylation is 1. The lowest BCUT2D eigenvalue weighted by Gasteiger charge is -2.15. The van der Waals surface area contributed by atoms with Crippen LogP contribution in [-0.2, 0) is 0 Å². The topological polar surface area (TPSA) is 41.0 Å². The van der Waals surface area contributed by atoms with Gasteiger partial charge in [-0.1, -0.05) is 18.2 Å². The number of benzene rings is 1. The van der Waals surface area contributed by atoms with E-state index in [9.17, 15) is 0 Å². The highest BCUT2D eigenvalue weighted by Crippen LogP contribution is 2.21. The number of rotatable bonds is 3. The fraction of sp³-hybridized carbons (Fsp3) is 0.333. The van der Waals surface area contributed by atoms with E-state index in [-0.39, 0.29) is 0 Å². The third kappa shape index (κ3) is 2.67. The molecular weight excluding hydrogens is 236 g/mol. The normalized spacial score (nSPS) is 14.7. The molecule has 1 aromatic carbocycles. The van der Waals surface area contributed by atoms with Crippen molar-refractivity contribution in [3.05, 3.63) is 42.0 Å². The van der Waals surface area contributed by atoms with Gasteiger partial charge in [-0.25, -0.2) is 0 Å². The van der Waals surface area contributed by atoms with Gasteiger partial charge in [0.25, 0.3) is 0 Å². The smallest absolute Gasteiger partial charge is 0.153 e. The summed E-state index contributed by atoms with van der Waals surface area (Å²) in [6.45, 7) is 4.27. The van der Waals surface area contributed by atoms with Gasteiger partial charge in [0.15, 0.2) is 11.6 Å². The molecule has 0 amide bonds. The lowest BCUT2D eigenvalue weighted by molar-refractivity contribution is 0.896. The third-order valence-electron chi connectivity index (χ3n) is 3.49. The Balaban J connectivity index is 1.74. The minimum Gasteiger partial charge on any atom is -0.355 e. The summed E-state index contributed by atoms with van der Waals surface area (Å²) in [5, 5.41) is 11.9. The predicted octanol–water partition coefficient (Wildman–Crippen LogP) is 3.13. The monoisotopic (exact) mass is 254 g/mol. The molecule has 1 saturated heterocycles. The molecular formula is C15H18N4. The molecule has 4 heteroatoms. The SMILES string of the molecule is Cc1ccccc1Nc1ccc(N2CCCC2)nn1. The second kappa shape index (κ2) is 5.26. The van der Waals surface area contributed by atoms with Gasteiger partial charge in [-0.2, -0.15) is 0 Å². The first-order valence-corrected chi connectivity index (χ1v) is 6.74. The summed E-state index contributed by atoms with van der Waals surface area (Å²) in [5.41, 5.74) is 2.28. The highest BCUT2D eigenvalue weighted by molar-refractivity contribution is 5.60. The zero-order chi connectivity index (χ0) is 13.1. The van der Waals surface area contributed by atoms with E-state index in [0.717, 1.165) is 30.4 Å². The van der Waals surface area contributed by atoms with Crippen molar-refractivity contribution < 1.29 is 0 Å². The van der Waals surface area contributed by atoms with Gasteiger partial charge in [-0.3, -0.25) is 0 Å². The van der Waals surface area contributed by atoms with Crippen LogP contribution in [0.3, 0.4) is 0 Å². The van der Waals surface area contributed by atoms with Crippen molar-refractivity contribution >= 4 is 17.3 Å². The standard InChI is InChI=1S/C15H18N4/c1-12-6-2-3-7-13(12)16-14-8-9-15(18-17-14)19-10-4-5-11-19/h2-3,6-9H,4-5,10-11H2,1H3,(H,16,17). The minimum atomic E-state index is 0.789. The molecule has 0 spiro atoms. The Kier molecular flexibility index (Phi) is 3.31. The molecule has 1 aromatic heterocycles. The van der Waals surface area contributed by atoms with Crippen LogP contribution in [0.4, 0.5) is 17.3 Å². The Morgan fingerprint density at radius 2 is 1.79 bits per heavy atom. The summed E-state index contributed by atoms with van der Waals surface area (Å²) in [5.74, 6) is 1.77. The van der Waals surface area contributed by atoms with Crippen molar-refractivity contribution in [1.82, 2.24) is 10.2 Å². The average Bonchev–Trinajstić information content (AvgIpc) is 2.96. The first kappa shape index (κ1) is 12.0. The van der Waals surface area contributed by atoms with Crippen molar-refractivity contribution in [2.75, 3.05) is 23.3 Å². The average molecular weight is 254 g/mol. The molecule has 1 fully saturated rings. The van der Waals surface area contributed by atoms with Crippen LogP contribution in [0.5, 0.6) is 0 Å². The second-order valence-corrected chi connectivity index (χ2v) is 4.91. The number of aromatic nitrogens is 2. The molecule has 1 N–H and O–H groups in total. The first-order chi connectivity index (χ1) is 9.33. The number of hydrogen-bond acceptors (Lipinski definition) is 4. The summed E-state index contributed by atoms with van der Waals surface area (Å²) < 4.78 is 0. The van der Waals surface area contributed by atoms with E-state index in [1.54, 1.807) is 0 Å². The van der Waals surface area contributed by atoms with Gasteiger partial charge in [0, 0.05) is 18.8 Å². The van der Waals surface area contributed by atoms with Crippen molar-refractivity contribution in [3.8, 4) is 0 Å². The summed E-state index contributed by atoms with van der Waals surface area (Å²) >= 11 is 0. The summed E-state index contributed by atoms with van der Waals surface area (Å²) in [6.07, 6.45) is 2.51. The maximum atomic E-state index is 4.30. The Hall–Kier alpha value is -2.10. The van der Waals surface area contributed by atoms with Crippen LogP contribution in [0.2, 0.25) is 0 Å². The van der Waals surface area contributed by atoms with Crippen LogP contribution < -0.4 is 10.2 Å². The van der Waals surface area contributed by atoms with Crippen molar-refractivity contribution in [3.63, 3.8) is 0 Å². The summed E-state index contributed by atoms with van der Waals surface area (Å²) in [6, 6.07) is 12.2. The van der Waals surface area contributed by atoms with Gasteiger partial charge in [-0.05, 0) is 43.5 Å². The van der Waals surface area contributed by atoms with Gasteiger partial charge in [0.05, 0.1) is 0 Å². The molecule has 3 rings (SSSR count). The number of hydrogen-bond donors (Lipinski definition) is 1. The Morgan fingerprint density at radius 1 is 1.00 bits per heavy atom. The van der Waals surface area contributed by atoms with E-state index in [0.29, 0.717) is 0 Å². The zero-order valence-corrected chi connectivity index (χ0v) is 11.1. The van der Waals surface area contributed by atoms with E-state index in [4.69, 9.17) is 0 Å². The summed E-state index contributed by atoms with van der Waals surface area (Å²) in [4.78, 5) is 2.28. The van der Waals surface area contributed by atoms with E-state index in [1.807, 2.05) is 30.3 Å². The molecule has 2 aromatic rings. The van der Waals surface area contributed by atoms with Gasteiger partial charge < -0.3 is 10.2 Å². The number of nitrogens with zero attached hydrogens (tertiary/aromatic N) is 3. The lowest BCUT2D eigenvalue weighted by Crippen LogP contribution is -2.19. The molecule has 98 valence electrons. The molecule has 0 radical (unpaired) electrons. The number of para-hydroxylation sites is 1. The molecule has 19 heavy (non-hydrogen) atoms. The highest BCUT2D eigenvalue weighted by atomic mass is 15.3. The van der Waals surface area contributed by atoms with Crippen molar-refractivity contribution in [2.45, 2.75) is 19.8 Å². The van der Waals surface area contributed by atoms with Crippen LogP contribution in [0, 0.1) is 6.92 Å². The van der Waals surface area contributed by atoms with Gasteiger partial charge >= 0.3 is 0 Å². The van der Waals surface area contributed by atoms with Gasteiger partial charge in [0.2, 0.25) is 0 Å².